The lowest BCUT2D eigenvalue weighted by molar-refractivity contribution is 0.160. The summed E-state index contributed by atoms with van der Waals surface area (Å²) < 4.78 is 16.3. The van der Waals surface area contributed by atoms with Gasteiger partial charge < -0.3 is 19.5 Å². The normalized spacial score (nSPS) is 17.5. The lowest BCUT2D eigenvalue weighted by atomic mass is 10.0. The molecule has 1 aliphatic heterocycles. The van der Waals surface area contributed by atoms with Crippen LogP contribution in [-0.2, 0) is 6.42 Å². The van der Waals surface area contributed by atoms with Crippen LogP contribution in [0, 0.1) is 0 Å². The standard InChI is InChI=1S/C22H30N2O3/c1-25-20-14-17(15-21(26-2)22(20)27-3)8-7-12-24-13-11-23-16-19(24)18-9-5-4-6-10-18/h4-6,9-10,14-15,19,23H,7-8,11-13,16H2,1-3H3/t19-/m1/s1. The van der Waals surface area contributed by atoms with E-state index in [1.807, 2.05) is 12.1 Å². The van der Waals surface area contributed by atoms with E-state index in [2.05, 4.69) is 40.5 Å². The van der Waals surface area contributed by atoms with Gasteiger partial charge in [-0.1, -0.05) is 30.3 Å². The molecule has 5 heteroatoms. The maximum Gasteiger partial charge on any atom is 0.203 e. The smallest absolute Gasteiger partial charge is 0.203 e. The summed E-state index contributed by atoms with van der Waals surface area (Å²) in [6, 6.07) is 15.3. The van der Waals surface area contributed by atoms with Gasteiger partial charge in [0, 0.05) is 25.7 Å². The highest BCUT2D eigenvalue weighted by molar-refractivity contribution is 5.53. The summed E-state index contributed by atoms with van der Waals surface area (Å²) >= 11 is 0. The Labute approximate surface area is 162 Å². The first-order valence-electron chi connectivity index (χ1n) is 9.55. The van der Waals surface area contributed by atoms with Crippen molar-refractivity contribution in [2.75, 3.05) is 47.5 Å². The van der Waals surface area contributed by atoms with Gasteiger partial charge in [-0.2, -0.15) is 0 Å². The van der Waals surface area contributed by atoms with Gasteiger partial charge in [-0.3, -0.25) is 4.90 Å². The fourth-order valence-corrected chi connectivity index (χ4v) is 3.78. The van der Waals surface area contributed by atoms with Crippen LogP contribution in [0.5, 0.6) is 17.2 Å². The van der Waals surface area contributed by atoms with E-state index in [-0.39, 0.29) is 0 Å². The van der Waals surface area contributed by atoms with E-state index in [9.17, 15) is 0 Å². The number of benzene rings is 2. The van der Waals surface area contributed by atoms with E-state index in [0.717, 1.165) is 50.5 Å². The van der Waals surface area contributed by atoms with Gasteiger partial charge in [-0.25, -0.2) is 0 Å². The average molecular weight is 370 g/mol. The van der Waals surface area contributed by atoms with Crippen LogP contribution < -0.4 is 19.5 Å². The molecule has 0 radical (unpaired) electrons. The summed E-state index contributed by atoms with van der Waals surface area (Å²) in [4.78, 5) is 2.59. The number of hydrogen-bond donors (Lipinski definition) is 1. The Morgan fingerprint density at radius 2 is 1.70 bits per heavy atom. The lowest BCUT2D eigenvalue weighted by Crippen LogP contribution is -2.46. The minimum absolute atomic E-state index is 0.444. The average Bonchev–Trinajstić information content (AvgIpc) is 2.74. The van der Waals surface area contributed by atoms with Gasteiger partial charge in [0.15, 0.2) is 11.5 Å². The molecule has 5 nitrogen and oxygen atoms in total. The Morgan fingerprint density at radius 1 is 1.00 bits per heavy atom. The zero-order valence-corrected chi connectivity index (χ0v) is 16.5. The van der Waals surface area contributed by atoms with Gasteiger partial charge in [0.1, 0.15) is 0 Å². The number of ether oxygens (including phenoxy) is 3. The molecule has 1 atom stereocenters. The van der Waals surface area contributed by atoms with Gasteiger partial charge in [-0.15, -0.1) is 0 Å². The molecular formula is C22H30N2O3. The van der Waals surface area contributed by atoms with Crippen molar-refractivity contribution in [1.29, 1.82) is 0 Å². The molecule has 146 valence electrons. The number of hydrogen-bond acceptors (Lipinski definition) is 5. The highest BCUT2D eigenvalue weighted by Gasteiger charge is 2.23. The Balaban J connectivity index is 1.64. The van der Waals surface area contributed by atoms with Crippen molar-refractivity contribution in [3.8, 4) is 17.2 Å². The van der Waals surface area contributed by atoms with Crippen LogP contribution in [0.1, 0.15) is 23.6 Å². The molecule has 1 heterocycles. The number of piperazine rings is 1. The first-order valence-corrected chi connectivity index (χ1v) is 9.55. The first kappa shape index (κ1) is 19.5. The lowest BCUT2D eigenvalue weighted by Gasteiger charge is -2.36. The summed E-state index contributed by atoms with van der Waals surface area (Å²) in [5.41, 5.74) is 2.59. The highest BCUT2D eigenvalue weighted by atomic mass is 16.5. The van der Waals surface area contributed by atoms with E-state index in [1.54, 1.807) is 21.3 Å². The number of rotatable bonds is 8. The van der Waals surface area contributed by atoms with Gasteiger partial charge >= 0.3 is 0 Å². The molecule has 27 heavy (non-hydrogen) atoms. The predicted octanol–water partition coefficient (Wildman–Crippen LogP) is 3.29. The third kappa shape index (κ3) is 4.73. The highest BCUT2D eigenvalue weighted by Crippen LogP contribution is 2.38. The van der Waals surface area contributed by atoms with Crippen molar-refractivity contribution < 1.29 is 14.2 Å². The molecule has 1 saturated heterocycles. The first-order chi connectivity index (χ1) is 13.3. The van der Waals surface area contributed by atoms with Crippen LogP contribution in [-0.4, -0.2) is 52.4 Å². The molecule has 2 aromatic carbocycles. The number of methoxy groups -OCH3 is 3. The van der Waals surface area contributed by atoms with Gasteiger partial charge in [-0.05, 0) is 42.6 Å². The second-order valence-corrected chi connectivity index (χ2v) is 6.80. The molecule has 2 aromatic rings. The molecule has 0 spiro atoms. The van der Waals surface area contributed by atoms with E-state index >= 15 is 0 Å². The number of aryl methyl sites for hydroxylation is 1. The topological polar surface area (TPSA) is 43.0 Å². The minimum atomic E-state index is 0.444. The van der Waals surface area contributed by atoms with Crippen molar-refractivity contribution in [2.45, 2.75) is 18.9 Å². The van der Waals surface area contributed by atoms with Crippen LogP contribution in [0.4, 0.5) is 0 Å². The second-order valence-electron chi connectivity index (χ2n) is 6.80. The fourth-order valence-electron chi connectivity index (χ4n) is 3.78. The minimum Gasteiger partial charge on any atom is -0.493 e. The van der Waals surface area contributed by atoms with Crippen LogP contribution in [0.15, 0.2) is 42.5 Å². The molecule has 1 N–H and O–H groups in total. The van der Waals surface area contributed by atoms with Crippen LogP contribution in [0.3, 0.4) is 0 Å². The van der Waals surface area contributed by atoms with Gasteiger partial charge in [0.25, 0.3) is 0 Å². The molecule has 0 unspecified atom stereocenters. The van der Waals surface area contributed by atoms with Crippen molar-refractivity contribution >= 4 is 0 Å². The number of nitrogens with one attached hydrogen (secondary N) is 1. The van der Waals surface area contributed by atoms with Gasteiger partial charge in [0.2, 0.25) is 5.75 Å². The van der Waals surface area contributed by atoms with Gasteiger partial charge in [0.05, 0.1) is 21.3 Å². The Bertz CT molecular complexity index is 696. The molecular weight excluding hydrogens is 340 g/mol. The Hall–Kier alpha value is -2.24. The van der Waals surface area contributed by atoms with Crippen LogP contribution >= 0.6 is 0 Å². The third-order valence-corrected chi connectivity index (χ3v) is 5.17. The quantitative estimate of drug-likeness (QED) is 0.772. The zero-order valence-electron chi connectivity index (χ0n) is 16.5. The van der Waals surface area contributed by atoms with E-state index in [1.165, 1.54) is 11.1 Å². The van der Waals surface area contributed by atoms with Crippen molar-refractivity contribution in [2.24, 2.45) is 0 Å². The Kier molecular flexibility index (Phi) is 6.96. The molecule has 0 bridgehead atoms. The third-order valence-electron chi connectivity index (χ3n) is 5.17. The molecule has 0 amide bonds. The van der Waals surface area contributed by atoms with Crippen molar-refractivity contribution in [3.63, 3.8) is 0 Å². The predicted molar refractivity (Wildman–Crippen MR) is 108 cm³/mol. The van der Waals surface area contributed by atoms with Crippen LogP contribution in [0.2, 0.25) is 0 Å². The summed E-state index contributed by atoms with van der Waals surface area (Å²) in [5, 5.41) is 3.53. The fraction of sp³-hybridized carbons (Fsp3) is 0.455. The summed E-state index contributed by atoms with van der Waals surface area (Å²) in [7, 11) is 4.95. The van der Waals surface area contributed by atoms with E-state index < -0.39 is 0 Å². The zero-order chi connectivity index (χ0) is 19.1. The van der Waals surface area contributed by atoms with Crippen LogP contribution in [0.25, 0.3) is 0 Å². The van der Waals surface area contributed by atoms with E-state index in [0.29, 0.717) is 11.8 Å². The molecule has 1 aliphatic rings. The van der Waals surface area contributed by atoms with Crippen molar-refractivity contribution in [1.82, 2.24) is 10.2 Å². The largest absolute Gasteiger partial charge is 0.493 e. The molecule has 0 saturated carbocycles. The maximum atomic E-state index is 5.47. The van der Waals surface area contributed by atoms with E-state index in [4.69, 9.17) is 14.2 Å². The molecule has 0 aliphatic carbocycles. The summed E-state index contributed by atoms with van der Waals surface area (Å²) in [6.07, 6.45) is 2.06. The maximum absolute atomic E-state index is 5.47. The SMILES string of the molecule is COc1cc(CCCN2CCNC[C@@H]2c2ccccc2)cc(OC)c1OC. The monoisotopic (exact) mass is 370 g/mol. The molecule has 1 fully saturated rings. The summed E-state index contributed by atoms with van der Waals surface area (Å²) in [6.45, 7) is 4.20. The number of nitrogens with zero attached hydrogens (tertiary/aromatic N) is 1. The Morgan fingerprint density at radius 3 is 2.33 bits per heavy atom. The molecule has 3 rings (SSSR count). The second kappa shape index (κ2) is 9.62. The summed E-state index contributed by atoms with van der Waals surface area (Å²) in [5.74, 6) is 2.09. The van der Waals surface area contributed by atoms with Crippen molar-refractivity contribution in [3.05, 3.63) is 53.6 Å². The molecule has 0 aromatic heterocycles.